The SMILES string of the molecule is CCCNCc1sc2ccccc2c1S(=O)(=O)NC1CC1. The van der Waals surface area contributed by atoms with Gasteiger partial charge in [-0.15, -0.1) is 11.3 Å². The first-order valence-corrected chi connectivity index (χ1v) is 9.65. The van der Waals surface area contributed by atoms with Crippen molar-refractivity contribution < 1.29 is 8.42 Å². The average Bonchev–Trinajstić information content (AvgIpc) is 3.16. The van der Waals surface area contributed by atoms with Crippen LogP contribution in [0.25, 0.3) is 10.1 Å². The second kappa shape index (κ2) is 6.04. The van der Waals surface area contributed by atoms with Gasteiger partial charge in [-0.1, -0.05) is 25.1 Å². The molecular weight excluding hydrogens is 304 g/mol. The standard InChI is InChI=1S/C15H20N2O2S2/c1-2-9-16-10-14-15(21(18,19)17-11-7-8-11)12-5-3-4-6-13(12)20-14/h3-6,11,16-17H,2,7-10H2,1H3. The molecule has 2 aromatic rings. The van der Waals surface area contributed by atoms with Crippen LogP contribution in [0.15, 0.2) is 29.2 Å². The van der Waals surface area contributed by atoms with Crippen LogP contribution in [0.2, 0.25) is 0 Å². The molecule has 1 aromatic carbocycles. The highest BCUT2D eigenvalue weighted by molar-refractivity contribution is 7.90. The molecule has 0 unspecified atom stereocenters. The van der Waals surface area contributed by atoms with Crippen molar-refractivity contribution >= 4 is 31.4 Å². The van der Waals surface area contributed by atoms with Crippen LogP contribution in [0.3, 0.4) is 0 Å². The van der Waals surface area contributed by atoms with Crippen molar-refractivity contribution in [2.45, 2.75) is 43.7 Å². The number of hydrogen-bond acceptors (Lipinski definition) is 4. The molecule has 1 fully saturated rings. The van der Waals surface area contributed by atoms with Gasteiger partial charge in [0.05, 0.1) is 0 Å². The Kier molecular flexibility index (Phi) is 4.31. The molecule has 6 heteroatoms. The summed E-state index contributed by atoms with van der Waals surface area (Å²) in [6.45, 7) is 3.60. The third-order valence-corrected chi connectivity index (χ3v) is 6.45. The van der Waals surface area contributed by atoms with Crippen LogP contribution in [-0.4, -0.2) is 21.0 Å². The Bertz CT molecular complexity index is 733. The van der Waals surface area contributed by atoms with Crippen LogP contribution in [0, 0.1) is 0 Å². The molecular formula is C15H20N2O2S2. The number of fused-ring (bicyclic) bond motifs is 1. The van der Waals surface area contributed by atoms with E-state index in [0.29, 0.717) is 11.4 Å². The maximum atomic E-state index is 12.7. The molecule has 0 aliphatic heterocycles. The maximum Gasteiger partial charge on any atom is 0.242 e. The highest BCUT2D eigenvalue weighted by Crippen LogP contribution is 2.35. The fourth-order valence-electron chi connectivity index (χ4n) is 2.34. The molecule has 0 atom stereocenters. The summed E-state index contributed by atoms with van der Waals surface area (Å²) in [4.78, 5) is 1.37. The number of hydrogen-bond donors (Lipinski definition) is 2. The van der Waals surface area contributed by atoms with Crippen LogP contribution in [0.4, 0.5) is 0 Å². The van der Waals surface area contributed by atoms with Gasteiger partial charge < -0.3 is 5.32 Å². The van der Waals surface area contributed by atoms with Crippen molar-refractivity contribution in [3.63, 3.8) is 0 Å². The molecule has 1 saturated carbocycles. The summed E-state index contributed by atoms with van der Waals surface area (Å²) in [5, 5.41) is 4.15. The molecule has 1 aliphatic rings. The van der Waals surface area contributed by atoms with Crippen molar-refractivity contribution in [2.75, 3.05) is 6.54 Å². The van der Waals surface area contributed by atoms with E-state index in [1.54, 1.807) is 11.3 Å². The summed E-state index contributed by atoms with van der Waals surface area (Å²) in [5.41, 5.74) is 0. The van der Waals surface area contributed by atoms with Crippen LogP contribution >= 0.6 is 11.3 Å². The molecule has 0 amide bonds. The van der Waals surface area contributed by atoms with Gasteiger partial charge in [-0.05, 0) is 31.9 Å². The Balaban J connectivity index is 2.02. The summed E-state index contributed by atoms with van der Waals surface area (Å²) in [6, 6.07) is 7.86. The molecule has 0 saturated heterocycles. The smallest absolute Gasteiger partial charge is 0.242 e. The molecule has 0 spiro atoms. The predicted octanol–water partition coefficient (Wildman–Crippen LogP) is 2.84. The van der Waals surface area contributed by atoms with E-state index < -0.39 is 10.0 Å². The van der Waals surface area contributed by atoms with E-state index in [4.69, 9.17) is 0 Å². The lowest BCUT2D eigenvalue weighted by Crippen LogP contribution is -2.27. The van der Waals surface area contributed by atoms with Gasteiger partial charge in [0, 0.05) is 27.5 Å². The van der Waals surface area contributed by atoms with E-state index in [1.807, 2.05) is 24.3 Å². The summed E-state index contributed by atoms with van der Waals surface area (Å²) < 4.78 is 29.2. The molecule has 4 nitrogen and oxygen atoms in total. The number of sulfonamides is 1. The van der Waals surface area contributed by atoms with E-state index in [9.17, 15) is 8.42 Å². The lowest BCUT2D eigenvalue weighted by atomic mass is 10.2. The van der Waals surface area contributed by atoms with Gasteiger partial charge in [-0.2, -0.15) is 0 Å². The molecule has 1 aliphatic carbocycles. The fraction of sp³-hybridized carbons (Fsp3) is 0.467. The molecule has 1 heterocycles. The van der Waals surface area contributed by atoms with Crippen molar-refractivity contribution in [2.24, 2.45) is 0 Å². The quantitative estimate of drug-likeness (QED) is 0.770. The zero-order valence-electron chi connectivity index (χ0n) is 12.1. The molecule has 114 valence electrons. The van der Waals surface area contributed by atoms with E-state index >= 15 is 0 Å². The number of rotatable bonds is 7. The first kappa shape index (κ1) is 15.0. The summed E-state index contributed by atoms with van der Waals surface area (Å²) in [6.07, 6.45) is 2.93. The first-order chi connectivity index (χ1) is 10.1. The van der Waals surface area contributed by atoms with E-state index in [0.717, 1.165) is 40.8 Å². The van der Waals surface area contributed by atoms with Crippen molar-refractivity contribution in [1.29, 1.82) is 0 Å². The first-order valence-electron chi connectivity index (χ1n) is 7.35. The van der Waals surface area contributed by atoms with Gasteiger partial charge in [0.1, 0.15) is 4.90 Å². The molecule has 0 bridgehead atoms. The van der Waals surface area contributed by atoms with Gasteiger partial charge in [-0.3, -0.25) is 0 Å². The Morgan fingerprint density at radius 3 is 2.76 bits per heavy atom. The van der Waals surface area contributed by atoms with Crippen LogP contribution in [0.1, 0.15) is 31.1 Å². The normalized spacial score (nSPS) is 15.7. The lowest BCUT2D eigenvalue weighted by Gasteiger charge is -2.08. The van der Waals surface area contributed by atoms with Gasteiger partial charge in [0.15, 0.2) is 0 Å². The Labute approximate surface area is 129 Å². The van der Waals surface area contributed by atoms with Gasteiger partial charge in [0.25, 0.3) is 0 Å². The molecule has 2 N–H and O–H groups in total. The zero-order valence-corrected chi connectivity index (χ0v) is 13.7. The minimum atomic E-state index is -3.43. The molecule has 0 radical (unpaired) electrons. The van der Waals surface area contributed by atoms with E-state index in [-0.39, 0.29) is 6.04 Å². The third kappa shape index (κ3) is 3.29. The monoisotopic (exact) mass is 324 g/mol. The van der Waals surface area contributed by atoms with Crippen molar-refractivity contribution in [3.8, 4) is 0 Å². The van der Waals surface area contributed by atoms with Gasteiger partial charge in [0.2, 0.25) is 10.0 Å². The molecule has 21 heavy (non-hydrogen) atoms. The van der Waals surface area contributed by atoms with Gasteiger partial charge in [-0.25, -0.2) is 13.1 Å². The van der Waals surface area contributed by atoms with Crippen molar-refractivity contribution in [3.05, 3.63) is 29.1 Å². The van der Waals surface area contributed by atoms with Crippen LogP contribution < -0.4 is 10.0 Å². The number of thiophene rings is 1. The van der Waals surface area contributed by atoms with Crippen LogP contribution in [-0.2, 0) is 16.6 Å². The summed E-state index contributed by atoms with van der Waals surface area (Å²) in [7, 11) is -3.43. The lowest BCUT2D eigenvalue weighted by molar-refractivity contribution is 0.580. The molecule has 1 aromatic heterocycles. The third-order valence-electron chi connectivity index (χ3n) is 3.50. The second-order valence-corrected chi connectivity index (χ2v) is 8.21. The Morgan fingerprint density at radius 2 is 2.05 bits per heavy atom. The minimum absolute atomic E-state index is 0.130. The fourth-order valence-corrected chi connectivity index (χ4v) is 5.56. The average molecular weight is 324 g/mol. The van der Waals surface area contributed by atoms with Crippen LogP contribution in [0.5, 0.6) is 0 Å². The number of benzene rings is 1. The summed E-state index contributed by atoms with van der Waals surface area (Å²) in [5.74, 6) is 0. The Hall–Kier alpha value is -0.950. The second-order valence-electron chi connectivity index (χ2n) is 5.42. The largest absolute Gasteiger partial charge is 0.312 e. The van der Waals surface area contributed by atoms with Gasteiger partial charge >= 0.3 is 0 Å². The Morgan fingerprint density at radius 1 is 1.29 bits per heavy atom. The van der Waals surface area contributed by atoms with Crippen molar-refractivity contribution in [1.82, 2.24) is 10.0 Å². The molecule has 3 rings (SSSR count). The highest BCUT2D eigenvalue weighted by atomic mass is 32.2. The topological polar surface area (TPSA) is 58.2 Å². The minimum Gasteiger partial charge on any atom is -0.312 e. The van der Waals surface area contributed by atoms with E-state index in [1.165, 1.54) is 0 Å². The summed E-state index contributed by atoms with van der Waals surface area (Å²) >= 11 is 1.57. The predicted molar refractivity (Wildman–Crippen MR) is 87.2 cm³/mol. The number of nitrogens with one attached hydrogen (secondary N) is 2. The van der Waals surface area contributed by atoms with E-state index in [2.05, 4.69) is 17.0 Å². The zero-order chi connectivity index (χ0) is 14.9. The highest BCUT2D eigenvalue weighted by Gasteiger charge is 2.31. The maximum absolute atomic E-state index is 12.7.